The quantitative estimate of drug-likeness (QED) is 0.423. The monoisotopic (exact) mass is 434 g/mol. The molecule has 2 aromatic rings. The molecule has 1 fully saturated rings. The molecule has 1 aliphatic heterocycles. The molecule has 0 unspecified atom stereocenters. The number of nitro groups is 1. The molecule has 0 spiro atoms. The van der Waals surface area contributed by atoms with Gasteiger partial charge in [-0.25, -0.2) is 0 Å². The number of hydrogen-bond acceptors (Lipinski definition) is 6. The standard InChI is InChI=1S/C19H19ClN4O4S/c20-17-6-5-15(24(26)27)11-16(17)18(25)22-19(29)21-14-3-1-13(2-4-14)12-23-7-9-28-10-8-23/h1-6,11H,7-10,12H2,(H2,21,22,25,29). The Balaban J connectivity index is 1.57. The lowest BCUT2D eigenvalue weighted by atomic mass is 10.2. The van der Waals surface area contributed by atoms with E-state index in [9.17, 15) is 14.9 Å². The average molecular weight is 435 g/mol. The van der Waals surface area contributed by atoms with Crippen LogP contribution >= 0.6 is 23.8 Å². The number of ether oxygens (including phenoxy) is 1. The largest absolute Gasteiger partial charge is 0.379 e. The lowest BCUT2D eigenvalue weighted by Gasteiger charge is -2.26. The van der Waals surface area contributed by atoms with Crippen molar-refractivity contribution in [3.8, 4) is 0 Å². The summed E-state index contributed by atoms with van der Waals surface area (Å²) in [5.41, 5.74) is 1.63. The fraction of sp³-hybridized carbons (Fsp3) is 0.263. The number of halogens is 1. The highest BCUT2D eigenvalue weighted by Crippen LogP contribution is 2.22. The maximum Gasteiger partial charge on any atom is 0.270 e. The van der Waals surface area contributed by atoms with Gasteiger partial charge in [-0.1, -0.05) is 23.7 Å². The van der Waals surface area contributed by atoms with Gasteiger partial charge in [0.25, 0.3) is 11.6 Å². The Hall–Kier alpha value is -2.59. The minimum Gasteiger partial charge on any atom is -0.379 e. The highest BCUT2D eigenvalue weighted by atomic mass is 35.5. The van der Waals surface area contributed by atoms with Crippen LogP contribution in [0, 0.1) is 10.1 Å². The molecule has 0 bridgehead atoms. The van der Waals surface area contributed by atoms with E-state index in [2.05, 4.69) is 15.5 Å². The van der Waals surface area contributed by atoms with Crippen LogP contribution in [0.4, 0.5) is 11.4 Å². The van der Waals surface area contributed by atoms with Crippen LogP contribution in [0.25, 0.3) is 0 Å². The van der Waals surface area contributed by atoms with Gasteiger partial charge in [-0.3, -0.25) is 25.1 Å². The molecule has 1 aliphatic rings. The number of carbonyl (C=O) groups is 1. The van der Waals surface area contributed by atoms with Crippen molar-refractivity contribution in [1.82, 2.24) is 10.2 Å². The third-order valence-electron chi connectivity index (χ3n) is 4.35. The number of amides is 1. The molecule has 8 nitrogen and oxygen atoms in total. The first kappa shape index (κ1) is 21.1. The second-order valence-corrected chi connectivity index (χ2v) is 7.23. The number of morpholine rings is 1. The summed E-state index contributed by atoms with van der Waals surface area (Å²) in [5.74, 6) is -0.625. The van der Waals surface area contributed by atoms with Gasteiger partial charge in [-0.15, -0.1) is 0 Å². The number of thiocarbonyl (C=S) groups is 1. The van der Waals surface area contributed by atoms with Crippen LogP contribution in [-0.4, -0.2) is 47.1 Å². The second kappa shape index (κ2) is 9.75. The van der Waals surface area contributed by atoms with Gasteiger partial charge in [0.15, 0.2) is 5.11 Å². The van der Waals surface area contributed by atoms with Crippen molar-refractivity contribution in [2.75, 3.05) is 31.6 Å². The van der Waals surface area contributed by atoms with E-state index in [0.717, 1.165) is 44.5 Å². The highest BCUT2D eigenvalue weighted by Gasteiger charge is 2.17. The summed E-state index contributed by atoms with van der Waals surface area (Å²) in [6, 6.07) is 11.4. The minimum atomic E-state index is -0.625. The van der Waals surface area contributed by atoms with Crippen LogP contribution in [-0.2, 0) is 11.3 Å². The third kappa shape index (κ3) is 5.94. The Morgan fingerprint density at radius 2 is 1.90 bits per heavy atom. The zero-order valence-electron chi connectivity index (χ0n) is 15.4. The molecule has 152 valence electrons. The highest BCUT2D eigenvalue weighted by molar-refractivity contribution is 7.80. The Labute approximate surface area is 177 Å². The van der Waals surface area contributed by atoms with Gasteiger partial charge >= 0.3 is 0 Å². The molecule has 0 aliphatic carbocycles. The van der Waals surface area contributed by atoms with Gasteiger partial charge < -0.3 is 10.1 Å². The summed E-state index contributed by atoms with van der Waals surface area (Å²) >= 11 is 11.1. The van der Waals surface area contributed by atoms with Crippen molar-refractivity contribution >= 4 is 46.2 Å². The number of benzene rings is 2. The number of carbonyl (C=O) groups excluding carboxylic acids is 1. The summed E-state index contributed by atoms with van der Waals surface area (Å²) in [5, 5.41) is 16.5. The van der Waals surface area contributed by atoms with E-state index >= 15 is 0 Å². The SMILES string of the molecule is O=C(NC(=S)Nc1ccc(CN2CCOCC2)cc1)c1cc([N+](=O)[O-])ccc1Cl. The number of anilines is 1. The van der Waals surface area contributed by atoms with Crippen molar-refractivity contribution in [2.24, 2.45) is 0 Å². The van der Waals surface area contributed by atoms with Crippen molar-refractivity contribution in [1.29, 1.82) is 0 Å². The number of nitro benzene ring substituents is 1. The summed E-state index contributed by atoms with van der Waals surface area (Å²) in [6.07, 6.45) is 0. The van der Waals surface area contributed by atoms with E-state index in [1.807, 2.05) is 24.3 Å². The van der Waals surface area contributed by atoms with E-state index in [1.165, 1.54) is 12.1 Å². The molecule has 3 rings (SSSR count). The molecule has 29 heavy (non-hydrogen) atoms. The molecule has 0 radical (unpaired) electrons. The number of rotatable bonds is 5. The fourth-order valence-electron chi connectivity index (χ4n) is 2.84. The molecular formula is C19H19ClN4O4S. The van der Waals surface area contributed by atoms with Crippen LogP contribution in [0.2, 0.25) is 5.02 Å². The predicted octanol–water partition coefficient (Wildman–Crippen LogP) is 3.21. The van der Waals surface area contributed by atoms with Crippen LogP contribution in [0.3, 0.4) is 0 Å². The van der Waals surface area contributed by atoms with E-state index in [1.54, 1.807) is 0 Å². The average Bonchev–Trinajstić information content (AvgIpc) is 2.70. The lowest BCUT2D eigenvalue weighted by molar-refractivity contribution is -0.384. The number of nitrogens with zero attached hydrogens (tertiary/aromatic N) is 2. The molecule has 2 aromatic carbocycles. The van der Waals surface area contributed by atoms with Gasteiger partial charge in [0.2, 0.25) is 0 Å². The molecule has 0 saturated carbocycles. The zero-order valence-corrected chi connectivity index (χ0v) is 17.0. The van der Waals surface area contributed by atoms with Gasteiger partial charge in [0.05, 0.1) is 28.7 Å². The first-order valence-corrected chi connectivity index (χ1v) is 9.66. The Bertz CT molecular complexity index is 917. The maximum atomic E-state index is 12.4. The first-order chi connectivity index (χ1) is 13.9. The Morgan fingerprint density at radius 1 is 1.21 bits per heavy atom. The third-order valence-corrected chi connectivity index (χ3v) is 4.89. The van der Waals surface area contributed by atoms with Crippen LogP contribution in [0.5, 0.6) is 0 Å². The van der Waals surface area contributed by atoms with E-state index in [4.69, 9.17) is 28.6 Å². The molecule has 2 N–H and O–H groups in total. The van der Waals surface area contributed by atoms with Crippen molar-refractivity contribution in [2.45, 2.75) is 6.54 Å². The van der Waals surface area contributed by atoms with Gasteiger partial charge in [-0.2, -0.15) is 0 Å². The Kier molecular flexibility index (Phi) is 7.10. The number of nitrogens with one attached hydrogen (secondary N) is 2. The van der Waals surface area contributed by atoms with Gasteiger partial charge in [-0.05, 0) is 36.0 Å². The minimum absolute atomic E-state index is 0.0223. The van der Waals surface area contributed by atoms with E-state index in [-0.39, 0.29) is 21.4 Å². The number of non-ortho nitro benzene ring substituents is 1. The summed E-state index contributed by atoms with van der Waals surface area (Å²) < 4.78 is 5.35. The van der Waals surface area contributed by atoms with E-state index < -0.39 is 10.8 Å². The zero-order chi connectivity index (χ0) is 20.8. The molecule has 0 aromatic heterocycles. The van der Waals surface area contributed by atoms with Crippen LogP contribution in [0.1, 0.15) is 15.9 Å². The Morgan fingerprint density at radius 3 is 2.55 bits per heavy atom. The van der Waals surface area contributed by atoms with E-state index in [0.29, 0.717) is 5.69 Å². The smallest absolute Gasteiger partial charge is 0.270 e. The maximum absolute atomic E-state index is 12.4. The predicted molar refractivity (Wildman–Crippen MR) is 114 cm³/mol. The molecule has 10 heteroatoms. The van der Waals surface area contributed by atoms with Crippen LogP contribution < -0.4 is 10.6 Å². The topological polar surface area (TPSA) is 96.7 Å². The van der Waals surface area contributed by atoms with Crippen molar-refractivity contribution < 1.29 is 14.5 Å². The first-order valence-electron chi connectivity index (χ1n) is 8.87. The summed E-state index contributed by atoms with van der Waals surface area (Å²) in [7, 11) is 0. The lowest BCUT2D eigenvalue weighted by Crippen LogP contribution is -2.35. The van der Waals surface area contributed by atoms with Gasteiger partial charge in [0.1, 0.15) is 0 Å². The molecule has 0 atom stereocenters. The molecule has 1 amide bonds. The molecular weight excluding hydrogens is 416 g/mol. The van der Waals surface area contributed by atoms with Crippen molar-refractivity contribution in [3.05, 3.63) is 68.7 Å². The van der Waals surface area contributed by atoms with Crippen molar-refractivity contribution in [3.63, 3.8) is 0 Å². The number of hydrogen-bond donors (Lipinski definition) is 2. The summed E-state index contributed by atoms with van der Waals surface area (Å²) in [6.45, 7) is 4.17. The molecule has 1 saturated heterocycles. The summed E-state index contributed by atoms with van der Waals surface area (Å²) in [4.78, 5) is 25.0. The molecule has 1 heterocycles. The second-order valence-electron chi connectivity index (χ2n) is 6.41. The normalized spacial score (nSPS) is 14.2. The van der Waals surface area contributed by atoms with Gasteiger partial charge in [0, 0.05) is 37.5 Å². The van der Waals surface area contributed by atoms with Crippen LogP contribution in [0.15, 0.2) is 42.5 Å². The fourth-order valence-corrected chi connectivity index (χ4v) is 3.26.